The highest BCUT2D eigenvalue weighted by Gasteiger charge is 2.51. The minimum absolute atomic E-state index is 0.0203. The highest BCUT2D eigenvalue weighted by atomic mass is 16.2. The minimum atomic E-state index is 0.0203. The van der Waals surface area contributed by atoms with Crippen LogP contribution in [0.1, 0.15) is 19.8 Å². The molecule has 68 valence electrons. The molecule has 0 radical (unpaired) electrons. The summed E-state index contributed by atoms with van der Waals surface area (Å²) in [5.74, 6) is 0.384. The molecule has 0 unspecified atom stereocenters. The van der Waals surface area contributed by atoms with Gasteiger partial charge in [-0.05, 0) is 19.8 Å². The molecule has 1 N–H and O–H groups in total. The zero-order valence-electron chi connectivity index (χ0n) is 7.60. The summed E-state index contributed by atoms with van der Waals surface area (Å²) in [5, 5.41) is 3.33. The first-order valence-electron chi connectivity index (χ1n) is 4.79. The van der Waals surface area contributed by atoms with Crippen LogP contribution in [-0.4, -0.2) is 37.0 Å². The van der Waals surface area contributed by atoms with Crippen LogP contribution < -0.4 is 5.32 Å². The summed E-state index contributed by atoms with van der Waals surface area (Å²) in [6.07, 6.45) is 2.19. The normalized spacial score (nSPS) is 27.4. The average Bonchev–Trinajstić information content (AvgIpc) is 2.86. The second-order valence-electron chi connectivity index (χ2n) is 3.84. The molecule has 1 aliphatic heterocycles. The zero-order valence-corrected chi connectivity index (χ0v) is 7.60. The van der Waals surface area contributed by atoms with Gasteiger partial charge in [0.15, 0.2) is 0 Å². The van der Waals surface area contributed by atoms with Crippen LogP contribution in [0, 0.1) is 5.41 Å². The molecule has 2 fully saturated rings. The van der Waals surface area contributed by atoms with Crippen molar-refractivity contribution in [1.29, 1.82) is 0 Å². The van der Waals surface area contributed by atoms with E-state index in [9.17, 15) is 4.79 Å². The van der Waals surface area contributed by atoms with Gasteiger partial charge in [-0.1, -0.05) is 0 Å². The standard InChI is InChI=1S/C9H16N2O/c1-2-11-6-5-10-7-9(3-4-9)8(11)12/h10H,2-7H2,1H3. The first kappa shape index (κ1) is 8.05. The number of rotatable bonds is 1. The topological polar surface area (TPSA) is 32.3 Å². The molecule has 2 aliphatic rings. The maximum atomic E-state index is 11.8. The van der Waals surface area contributed by atoms with Crippen LogP contribution in [0.5, 0.6) is 0 Å². The molecular formula is C9H16N2O. The van der Waals surface area contributed by atoms with Crippen molar-refractivity contribution in [3.05, 3.63) is 0 Å². The third kappa shape index (κ3) is 1.12. The Bertz CT molecular complexity index is 199. The van der Waals surface area contributed by atoms with Crippen molar-refractivity contribution in [2.45, 2.75) is 19.8 Å². The number of nitrogens with zero attached hydrogens (tertiary/aromatic N) is 1. The fraction of sp³-hybridized carbons (Fsp3) is 0.889. The SMILES string of the molecule is CCN1CCNCC2(CC2)C1=O. The molecule has 1 aliphatic carbocycles. The lowest BCUT2D eigenvalue weighted by Crippen LogP contribution is -2.37. The predicted molar refractivity (Wildman–Crippen MR) is 46.8 cm³/mol. The summed E-state index contributed by atoms with van der Waals surface area (Å²) < 4.78 is 0. The molecule has 0 bridgehead atoms. The van der Waals surface area contributed by atoms with E-state index in [-0.39, 0.29) is 5.41 Å². The van der Waals surface area contributed by atoms with Crippen molar-refractivity contribution in [3.63, 3.8) is 0 Å². The maximum Gasteiger partial charge on any atom is 0.230 e. The van der Waals surface area contributed by atoms with E-state index in [1.807, 2.05) is 4.90 Å². The molecule has 0 aromatic heterocycles. The van der Waals surface area contributed by atoms with Crippen LogP contribution in [-0.2, 0) is 4.79 Å². The molecule has 0 atom stereocenters. The fourth-order valence-electron chi connectivity index (χ4n) is 1.90. The van der Waals surface area contributed by atoms with Crippen molar-refractivity contribution in [2.24, 2.45) is 5.41 Å². The van der Waals surface area contributed by atoms with Gasteiger partial charge in [0.1, 0.15) is 0 Å². The quantitative estimate of drug-likeness (QED) is 0.607. The first-order valence-corrected chi connectivity index (χ1v) is 4.79. The minimum Gasteiger partial charge on any atom is -0.341 e. The van der Waals surface area contributed by atoms with Gasteiger partial charge in [0, 0.05) is 26.2 Å². The van der Waals surface area contributed by atoms with Crippen molar-refractivity contribution in [1.82, 2.24) is 10.2 Å². The summed E-state index contributed by atoms with van der Waals surface area (Å²) >= 11 is 0. The van der Waals surface area contributed by atoms with Gasteiger partial charge >= 0.3 is 0 Å². The van der Waals surface area contributed by atoms with Crippen LogP contribution in [0.2, 0.25) is 0 Å². The Kier molecular flexibility index (Phi) is 1.83. The van der Waals surface area contributed by atoms with E-state index in [2.05, 4.69) is 12.2 Å². The smallest absolute Gasteiger partial charge is 0.230 e. The Balaban J connectivity index is 2.12. The largest absolute Gasteiger partial charge is 0.341 e. The molecule has 3 heteroatoms. The molecule has 2 rings (SSSR count). The van der Waals surface area contributed by atoms with Gasteiger partial charge < -0.3 is 10.2 Å². The third-order valence-corrected chi connectivity index (χ3v) is 3.00. The Morgan fingerprint density at radius 2 is 2.33 bits per heavy atom. The van der Waals surface area contributed by atoms with Gasteiger partial charge in [-0.25, -0.2) is 0 Å². The molecule has 1 heterocycles. The molecule has 0 aromatic carbocycles. The number of amides is 1. The van der Waals surface area contributed by atoms with E-state index in [0.717, 1.165) is 39.0 Å². The van der Waals surface area contributed by atoms with Gasteiger partial charge in [-0.15, -0.1) is 0 Å². The van der Waals surface area contributed by atoms with Crippen molar-refractivity contribution < 1.29 is 4.79 Å². The molecular weight excluding hydrogens is 152 g/mol. The fourth-order valence-corrected chi connectivity index (χ4v) is 1.90. The number of likely N-dealkylation sites (N-methyl/N-ethyl adjacent to an activating group) is 1. The summed E-state index contributed by atoms with van der Waals surface area (Å²) in [4.78, 5) is 13.8. The number of nitrogens with one attached hydrogen (secondary N) is 1. The van der Waals surface area contributed by atoms with Gasteiger partial charge in [0.2, 0.25) is 5.91 Å². The van der Waals surface area contributed by atoms with Crippen LogP contribution in [0.15, 0.2) is 0 Å². The van der Waals surface area contributed by atoms with E-state index < -0.39 is 0 Å². The zero-order chi connectivity index (χ0) is 8.60. The lowest BCUT2D eigenvalue weighted by Gasteiger charge is -2.21. The lowest BCUT2D eigenvalue weighted by molar-refractivity contribution is -0.135. The van der Waals surface area contributed by atoms with Crippen LogP contribution in [0.3, 0.4) is 0 Å². The lowest BCUT2D eigenvalue weighted by atomic mass is 10.1. The van der Waals surface area contributed by atoms with Crippen LogP contribution in [0.25, 0.3) is 0 Å². The van der Waals surface area contributed by atoms with E-state index >= 15 is 0 Å². The molecule has 1 saturated carbocycles. The third-order valence-electron chi connectivity index (χ3n) is 3.00. The summed E-state index contributed by atoms with van der Waals surface area (Å²) in [5.41, 5.74) is 0.0203. The van der Waals surface area contributed by atoms with Crippen molar-refractivity contribution >= 4 is 5.91 Å². The van der Waals surface area contributed by atoms with E-state index in [4.69, 9.17) is 0 Å². The molecule has 12 heavy (non-hydrogen) atoms. The Hall–Kier alpha value is -0.570. The summed E-state index contributed by atoms with van der Waals surface area (Å²) in [6.45, 7) is 5.67. The molecule has 3 nitrogen and oxygen atoms in total. The first-order chi connectivity index (χ1) is 5.78. The van der Waals surface area contributed by atoms with E-state index in [0.29, 0.717) is 5.91 Å². The van der Waals surface area contributed by atoms with Gasteiger partial charge in [-0.2, -0.15) is 0 Å². The number of hydrogen-bond donors (Lipinski definition) is 1. The van der Waals surface area contributed by atoms with Crippen molar-refractivity contribution in [2.75, 3.05) is 26.2 Å². The highest BCUT2D eigenvalue weighted by molar-refractivity contribution is 5.85. The van der Waals surface area contributed by atoms with E-state index in [1.165, 1.54) is 0 Å². The predicted octanol–water partition coefficient (Wildman–Crippen LogP) is 0.218. The Labute approximate surface area is 73.1 Å². The number of hydrogen-bond acceptors (Lipinski definition) is 2. The molecule has 0 aromatic rings. The number of carbonyl (C=O) groups is 1. The van der Waals surface area contributed by atoms with Crippen molar-refractivity contribution in [3.8, 4) is 0 Å². The van der Waals surface area contributed by atoms with Crippen LogP contribution >= 0.6 is 0 Å². The van der Waals surface area contributed by atoms with Crippen LogP contribution in [0.4, 0.5) is 0 Å². The second-order valence-corrected chi connectivity index (χ2v) is 3.84. The molecule has 1 saturated heterocycles. The van der Waals surface area contributed by atoms with Gasteiger partial charge in [0.25, 0.3) is 0 Å². The highest BCUT2D eigenvalue weighted by Crippen LogP contribution is 2.47. The maximum absolute atomic E-state index is 11.8. The molecule has 1 spiro atoms. The Morgan fingerprint density at radius 3 is 2.92 bits per heavy atom. The summed E-state index contributed by atoms with van der Waals surface area (Å²) in [6, 6.07) is 0. The van der Waals surface area contributed by atoms with E-state index in [1.54, 1.807) is 0 Å². The molecule has 1 amide bonds. The monoisotopic (exact) mass is 168 g/mol. The Morgan fingerprint density at radius 1 is 1.58 bits per heavy atom. The number of carbonyl (C=O) groups excluding carboxylic acids is 1. The van der Waals surface area contributed by atoms with Gasteiger partial charge in [-0.3, -0.25) is 4.79 Å². The van der Waals surface area contributed by atoms with Gasteiger partial charge in [0.05, 0.1) is 5.41 Å². The summed E-state index contributed by atoms with van der Waals surface area (Å²) in [7, 11) is 0. The average molecular weight is 168 g/mol. The second kappa shape index (κ2) is 2.73.